The quantitative estimate of drug-likeness (QED) is 0.811. The average molecular weight is 241 g/mol. The summed E-state index contributed by atoms with van der Waals surface area (Å²) in [6.07, 6.45) is 3.10. The Kier molecular flexibility index (Phi) is 4.74. The molecule has 0 bridgehead atoms. The maximum absolute atomic E-state index is 12.1. The highest BCUT2D eigenvalue weighted by Crippen LogP contribution is 2.16. The summed E-state index contributed by atoms with van der Waals surface area (Å²) in [6.45, 7) is 7.55. The molecule has 0 atom stereocenters. The molecule has 1 aromatic rings. The van der Waals surface area contributed by atoms with Crippen LogP contribution in [0.15, 0.2) is 18.5 Å². The molecular weight excluding hydrogens is 224 g/mol. The van der Waals surface area contributed by atoms with Crippen LogP contribution < -0.4 is 0 Å². The van der Waals surface area contributed by atoms with E-state index in [1.165, 1.54) is 6.20 Å². The molecule has 3 nitrogen and oxygen atoms in total. The van der Waals surface area contributed by atoms with Crippen LogP contribution in [0.1, 0.15) is 31.1 Å². The van der Waals surface area contributed by atoms with Gasteiger partial charge in [0.1, 0.15) is 0 Å². The van der Waals surface area contributed by atoms with Gasteiger partial charge >= 0.3 is 0 Å². The summed E-state index contributed by atoms with van der Waals surface area (Å²) in [6, 6.07) is 1.64. The van der Waals surface area contributed by atoms with E-state index in [0.717, 1.165) is 6.54 Å². The number of pyridine rings is 1. The molecule has 1 amide bonds. The maximum atomic E-state index is 12.1. The summed E-state index contributed by atoms with van der Waals surface area (Å²) in [4.78, 5) is 17.8. The summed E-state index contributed by atoms with van der Waals surface area (Å²) >= 11 is 5.97. The third kappa shape index (κ3) is 3.20. The van der Waals surface area contributed by atoms with E-state index in [1.54, 1.807) is 17.2 Å². The molecule has 0 saturated carbocycles. The number of rotatable bonds is 4. The molecule has 16 heavy (non-hydrogen) atoms. The minimum absolute atomic E-state index is 0.0469. The molecule has 0 saturated heterocycles. The second-order valence-corrected chi connectivity index (χ2v) is 4.50. The van der Waals surface area contributed by atoms with Crippen molar-refractivity contribution in [3.8, 4) is 0 Å². The first kappa shape index (κ1) is 13.0. The van der Waals surface area contributed by atoms with Gasteiger partial charge in [-0.1, -0.05) is 25.4 Å². The van der Waals surface area contributed by atoms with Gasteiger partial charge < -0.3 is 4.90 Å². The van der Waals surface area contributed by atoms with E-state index in [9.17, 15) is 4.79 Å². The third-order valence-corrected chi connectivity index (χ3v) is 2.58. The Labute approximate surface area is 101 Å². The highest BCUT2D eigenvalue weighted by atomic mass is 35.5. The lowest BCUT2D eigenvalue weighted by Gasteiger charge is -2.23. The van der Waals surface area contributed by atoms with Crippen LogP contribution in [-0.2, 0) is 0 Å². The lowest BCUT2D eigenvalue weighted by Crippen LogP contribution is -2.34. The Hall–Kier alpha value is -1.09. The van der Waals surface area contributed by atoms with Crippen molar-refractivity contribution in [2.75, 3.05) is 13.1 Å². The Balaban J connectivity index is 2.87. The van der Waals surface area contributed by atoms with Gasteiger partial charge in [-0.05, 0) is 18.9 Å². The molecule has 0 aromatic carbocycles. The van der Waals surface area contributed by atoms with Crippen LogP contribution in [0, 0.1) is 5.92 Å². The van der Waals surface area contributed by atoms with Crippen LogP contribution >= 0.6 is 11.6 Å². The zero-order valence-electron chi connectivity index (χ0n) is 9.90. The Morgan fingerprint density at radius 2 is 2.25 bits per heavy atom. The second-order valence-electron chi connectivity index (χ2n) is 4.09. The van der Waals surface area contributed by atoms with E-state index in [-0.39, 0.29) is 5.91 Å². The Morgan fingerprint density at radius 1 is 1.56 bits per heavy atom. The highest BCUT2D eigenvalue weighted by Gasteiger charge is 2.17. The fourth-order valence-corrected chi connectivity index (χ4v) is 1.69. The maximum Gasteiger partial charge on any atom is 0.256 e. The second kappa shape index (κ2) is 5.85. The number of carbonyl (C=O) groups is 1. The number of aromatic nitrogens is 1. The van der Waals surface area contributed by atoms with E-state index in [0.29, 0.717) is 23.0 Å². The Bertz CT molecular complexity index is 366. The van der Waals surface area contributed by atoms with Crippen molar-refractivity contribution in [1.82, 2.24) is 9.88 Å². The lowest BCUT2D eigenvalue weighted by atomic mass is 10.2. The van der Waals surface area contributed by atoms with Crippen LogP contribution in [0.2, 0.25) is 5.02 Å². The molecule has 4 heteroatoms. The number of hydrogen-bond donors (Lipinski definition) is 0. The first-order chi connectivity index (χ1) is 7.56. The normalized spacial score (nSPS) is 10.6. The van der Waals surface area contributed by atoms with Crippen molar-refractivity contribution in [1.29, 1.82) is 0 Å². The smallest absolute Gasteiger partial charge is 0.256 e. The van der Waals surface area contributed by atoms with Gasteiger partial charge in [-0.25, -0.2) is 0 Å². The van der Waals surface area contributed by atoms with Crippen LogP contribution in [0.4, 0.5) is 0 Å². The minimum atomic E-state index is -0.0469. The number of hydrogen-bond acceptors (Lipinski definition) is 2. The summed E-state index contributed by atoms with van der Waals surface area (Å²) in [5, 5.41) is 0.460. The van der Waals surface area contributed by atoms with Gasteiger partial charge in [0.05, 0.1) is 10.6 Å². The van der Waals surface area contributed by atoms with Gasteiger partial charge in [-0.15, -0.1) is 0 Å². The van der Waals surface area contributed by atoms with E-state index in [4.69, 9.17) is 11.6 Å². The average Bonchev–Trinajstić information content (AvgIpc) is 2.25. The number of amides is 1. The molecular formula is C12H17ClN2O. The Morgan fingerprint density at radius 3 is 2.75 bits per heavy atom. The third-order valence-electron chi connectivity index (χ3n) is 2.25. The van der Waals surface area contributed by atoms with Crippen molar-refractivity contribution in [3.05, 3.63) is 29.0 Å². The van der Waals surface area contributed by atoms with Crippen LogP contribution in [0.3, 0.4) is 0 Å². The van der Waals surface area contributed by atoms with Gasteiger partial charge in [-0.3, -0.25) is 9.78 Å². The molecule has 1 rings (SSSR count). The standard InChI is InChI=1S/C12H17ClN2O/c1-4-15(8-9(2)3)12(16)10-7-14-6-5-11(10)13/h5-7,9H,4,8H2,1-3H3. The van der Waals surface area contributed by atoms with Crippen molar-refractivity contribution in [2.45, 2.75) is 20.8 Å². The zero-order valence-corrected chi connectivity index (χ0v) is 10.7. The highest BCUT2D eigenvalue weighted by molar-refractivity contribution is 6.33. The van der Waals surface area contributed by atoms with Crippen molar-refractivity contribution >= 4 is 17.5 Å². The van der Waals surface area contributed by atoms with Crippen molar-refractivity contribution < 1.29 is 4.79 Å². The molecule has 0 aliphatic rings. The summed E-state index contributed by atoms with van der Waals surface area (Å²) in [7, 11) is 0. The van der Waals surface area contributed by atoms with Crippen LogP contribution in [0.25, 0.3) is 0 Å². The predicted octanol–water partition coefficient (Wildman–Crippen LogP) is 2.85. The fraction of sp³-hybridized carbons (Fsp3) is 0.500. The van der Waals surface area contributed by atoms with Gasteiger partial charge in [0.15, 0.2) is 0 Å². The predicted molar refractivity (Wildman–Crippen MR) is 65.7 cm³/mol. The van der Waals surface area contributed by atoms with Gasteiger partial charge in [-0.2, -0.15) is 0 Å². The molecule has 1 heterocycles. The van der Waals surface area contributed by atoms with Gasteiger partial charge in [0.2, 0.25) is 0 Å². The first-order valence-corrected chi connectivity index (χ1v) is 5.82. The molecule has 0 aliphatic carbocycles. The van der Waals surface area contributed by atoms with Crippen LogP contribution in [0.5, 0.6) is 0 Å². The lowest BCUT2D eigenvalue weighted by molar-refractivity contribution is 0.0745. The van der Waals surface area contributed by atoms with Gasteiger partial charge in [0.25, 0.3) is 5.91 Å². The molecule has 0 fully saturated rings. The van der Waals surface area contributed by atoms with Crippen molar-refractivity contribution in [3.63, 3.8) is 0 Å². The van der Waals surface area contributed by atoms with Crippen LogP contribution in [-0.4, -0.2) is 28.9 Å². The summed E-state index contributed by atoms with van der Waals surface area (Å²) in [5.41, 5.74) is 0.478. The number of nitrogens with zero attached hydrogens (tertiary/aromatic N) is 2. The van der Waals surface area contributed by atoms with Gasteiger partial charge in [0, 0.05) is 25.5 Å². The molecule has 0 radical (unpaired) electrons. The van der Waals surface area contributed by atoms with E-state index in [1.807, 2.05) is 6.92 Å². The molecule has 88 valence electrons. The molecule has 0 aliphatic heterocycles. The zero-order chi connectivity index (χ0) is 12.1. The molecule has 1 aromatic heterocycles. The van der Waals surface area contributed by atoms with E-state index in [2.05, 4.69) is 18.8 Å². The monoisotopic (exact) mass is 240 g/mol. The molecule has 0 unspecified atom stereocenters. The summed E-state index contributed by atoms with van der Waals surface area (Å²) in [5.74, 6) is 0.397. The first-order valence-electron chi connectivity index (χ1n) is 5.45. The number of carbonyl (C=O) groups excluding carboxylic acids is 1. The minimum Gasteiger partial charge on any atom is -0.339 e. The topological polar surface area (TPSA) is 33.2 Å². The number of halogens is 1. The van der Waals surface area contributed by atoms with Crippen molar-refractivity contribution in [2.24, 2.45) is 5.92 Å². The fourth-order valence-electron chi connectivity index (χ4n) is 1.50. The molecule has 0 N–H and O–H groups in total. The molecule has 0 spiro atoms. The van der Waals surface area contributed by atoms with E-state index < -0.39 is 0 Å². The summed E-state index contributed by atoms with van der Waals surface area (Å²) < 4.78 is 0. The SMILES string of the molecule is CCN(CC(C)C)C(=O)c1cnccc1Cl. The van der Waals surface area contributed by atoms with E-state index >= 15 is 0 Å². The largest absolute Gasteiger partial charge is 0.339 e.